The molecule has 1 atom stereocenters. The maximum absolute atomic E-state index is 12.1. The lowest BCUT2D eigenvalue weighted by molar-refractivity contribution is -0.142. The van der Waals surface area contributed by atoms with Crippen LogP contribution >= 0.6 is 11.3 Å². The minimum atomic E-state index is -3.69. The first-order valence-electron chi connectivity index (χ1n) is 6.30. The van der Waals surface area contributed by atoms with Gasteiger partial charge in [-0.25, -0.2) is 18.1 Å². The fourth-order valence-electron chi connectivity index (χ4n) is 1.88. The molecule has 0 aliphatic heterocycles. The number of nitrogens with one attached hydrogen (secondary N) is 1. The molecule has 1 aromatic heterocycles. The third-order valence-corrected chi connectivity index (χ3v) is 5.84. The van der Waals surface area contributed by atoms with Crippen LogP contribution in [0.25, 0.3) is 0 Å². The van der Waals surface area contributed by atoms with Crippen LogP contribution in [-0.2, 0) is 14.8 Å². The normalized spacial score (nSPS) is 13.7. The van der Waals surface area contributed by atoms with Gasteiger partial charge in [-0.2, -0.15) is 0 Å². The van der Waals surface area contributed by atoms with Crippen molar-refractivity contribution in [2.24, 2.45) is 11.8 Å². The molecule has 0 saturated heterocycles. The summed E-state index contributed by atoms with van der Waals surface area (Å²) in [5.74, 6) is -1.52. The highest BCUT2D eigenvalue weighted by molar-refractivity contribution is 7.91. The molecule has 6 nitrogen and oxygen atoms in total. The standard InChI is InChI=1S/C12H20N2O4S2/c1-7(2)5-10(11(15)16)6-13-20(17,18)12-8(3)14-9(4)19-12/h7,10,13H,5-6H2,1-4H3,(H,15,16). The minimum Gasteiger partial charge on any atom is -0.481 e. The second kappa shape index (κ2) is 6.64. The summed E-state index contributed by atoms with van der Waals surface area (Å²) >= 11 is 1.09. The van der Waals surface area contributed by atoms with Crippen LogP contribution in [0.4, 0.5) is 0 Å². The first-order chi connectivity index (χ1) is 9.13. The van der Waals surface area contributed by atoms with E-state index in [-0.39, 0.29) is 16.7 Å². The number of sulfonamides is 1. The van der Waals surface area contributed by atoms with Crippen molar-refractivity contribution in [2.75, 3.05) is 6.54 Å². The van der Waals surface area contributed by atoms with E-state index >= 15 is 0 Å². The summed E-state index contributed by atoms with van der Waals surface area (Å²) in [6.45, 7) is 7.06. The second-order valence-electron chi connectivity index (χ2n) is 5.12. The molecule has 0 amide bonds. The van der Waals surface area contributed by atoms with Gasteiger partial charge in [-0.15, -0.1) is 11.3 Å². The molecule has 0 bridgehead atoms. The molecular formula is C12H20N2O4S2. The van der Waals surface area contributed by atoms with Crippen LogP contribution in [0.1, 0.15) is 31.0 Å². The number of carboxylic acids is 1. The van der Waals surface area contributed by atoms with Crippen LogP contribution in [0.15, 0.2) is 4.21 Å². The van der Waals surface area contributed by atoms with E-state index in [1.165, 1.54) is 0 Å². The number of aryl methyl sites for hydroxylation is 2. The summed E-state index contributed by atoms with van der Waals surface area (Å²) in [7, 11) is -3.69. The molecule has 0 fully saturated rings. The van der Waals surface area contributed by atoms with Gasteiger partial charge in [-0.3, -0.25) is 4.79 Å². The van der Waals surface area contributed by atoms with Crippen LogP contribution in [0.3, 0.4) is 0 Å². The van der Waals surface area contributed by atoms with Crippen LogP contribution in [0.5, 0.6) is 0 Å². The SMILES string of the molecule is Cc1nc(C)c(S(=O)(=O)NCC(CC(C)C)C(=O)O)s1. The second-order valence-corrected chi connectivity index (χ2v) is 8.29. The van der Waals surface area contributed by atoms with E-state index in [0.29, 0.717) is 17.1 Å². The summed E-state index contributed by atoms with van der Waals surface area (Å²) in [5, 5.41) is 9.77. The molecule has 0 spiro atoms. The Labute approximate surface area is 123 Å². The first-order valence-corrected chi connectivity index (χ1v) is 8.60. The van der Waals surface area contributed by atoms with Crippen molar-refractivity contribution in [1.82, 2.24) is 9.71 Å². The highest BCUT2D eigenvalue weighted by Gasteiger charge is 2.25. The molecule has 0 radical (unpaired) electrons. The van der Waals surface area contributed by atoms with Crippen molar-refractivity contribution in [1.29, 1.82) is 0 Å². The molecule has 0 aliphatic carbocycles. The zero-order valence-corrected chi connectivity index (χ0v) is 13.6. The van der Waals surface area contributed by atoms with Crippen molar-refractivity contribution in [3.8, 4) is 0 Å². The summed E-state index contributed by atoms with van der Waals surface area (Å²) in [5.41, 5.74) is 0.440. The molecule has 1 unspecified atom stereocenters. The maximum Gasteiger partial charge on any atom is 0.307 e. The van der Waals surface area contributed by atoms with Crippen molar-refractivity contribution >= 4 is 27.3 Å². The number of aromatic nitrogens is 1. The lowest BCUT2D eigenvalue weighted by Crippen LogP contribution is -2.33. The first kappa shape index (κ1) is 17.1. The average Bonchev–Trinajstić information content (AvgIpc) is 2.63. The third kappa shape index (κ3) is 4.53. The fourth-order valence-corrected chi connectivity index (χ4v) is 4.49. The van der Waals surface area contributed by atoms with E-state index in [2.05, 4.69) is 9.71 Å². The van der Waals surface area contributed by atoms with Gasteiger partial charge < -0.3 is 5.11 Å². The Morgan fingerprint density at radius 1 is 1.40 bits per heavy atom. The summed E-state index contributed by atoms with van der Waals surface area (Å²) in [4.78, 5) is 15.2. The number of thiazole rings is 1. The predicted molar refractivity (Wildman–Crippen MR) is 77.4 cm³/mol. The molecule has 1 heterocycles. The molecule has 0 aliphatic rings. The topological polar surface area (TPSA) is 96.4 Å². The monoisotopic (exact) mass is 320 g/mol. The van der Waals surface area contributed by atoms with E-state index in [4.69, 9.17) is 5.11 Å². The molecular weight excluding hydrogens is 300 g/mol. The largest absolute Gasteiger partial charge is 0.481 e. The Hall–Kier alpha value is -0.990. The Balaban J connectivity index is 2.81. The Morgan fingerprint density at radius 2 is 2.00 bits per heavy atom. The van der Waals surface area contributed by atoms with Crippen LogP contribution < -0.4 is 4.72 Å². The van der Waals surface area contributed by atoms with Crippen molar-refractivity contribution in [3.63, 3.8) is 0 Å². The van der Waals surface area contributed by atoms with Gasteiger partial charge in [0.2, 0.25) is 0 Å². The lowest BCUT2D eigenvalue weighted by Gasteiger charge is -2.15. The highest BCUT2D eigenvalue weighted by atomic mass is 32.2. The van der Waals surface area contributed by atoms with Gasteiger partial charge in [0.1, 0.15) is 0 Å². The fraction of sp³-hybridized carbons (Fsp3) is 0.667. The number of hydrogen-bond donors (Lipinski definition) is 2. The van der Waals surface area contributed by atoms with Crippen LogP contribution in [0.2, 0.25) is 0 Å². The minimum absolute atomic E-state index is 0.105. The number of carboxylic acid groups (broad SMARTS) is 1. The van der Waals surface area contributed by atoms with Crippen LogP contribution in [0, 0.1) is 25.7 Å². The van der Waals surface area contributed by atoms with Crippen molar-refractivity contribution in [3.05, 3.63) is 10.7 Å². The van der Waals surface area contributed by atoms with E-state index < -0.39 is 21.9 Å². The van der Waals surface area contributed by atoms with E-state index in [1.54, 1.807) is 13.8 Å². The zero-order valence-electron chi connectivity index (χ0n) is 12.0. The van der Waals surface area contributed by atoms with E-state index in [9.17, 15) is 13.2 Å². The maximum atomic E-state index is 12.1. The Bertz CT molecular complexity index is 578. The predicted octanol–water partition coefficient (Wildman–Crippen LogP) is 1.79. The van der Waals surface area contributed by atoms with Gasteiger partial charge >= 0.3 is 5.97 Å². The van der Waals surface area contributed by atoms with Gasteiger partial charge in [0, 0.05) is 6.54 Å². The van der Waals surface area contributed by atoms with Crippen molar-refractivity contribution < 1.29 is 18.3 Å². The number of hydrogen-bond acceptors (Lipinski definition) is 5. The Kier molecular flexibility index (Phi) is 5.67. The molecule has 8 heteroatoms. The molecule has 114 valence electrons. The quantitative estimate of drug-likeness (QED) is 0.798. The number of nitrogens with zero attached hydrogens (tertiary/aromatic N) is 1. The van der Waals surface area contributed by atoms with E-state index in [0.717, 1.165) is 11.3 Å². The zero-order chi connectivity index (χ0) is 15.5. The van der Waals surface area contributed by atoms with E-state index in [1.807, 2.05) is 13.8 Å². The molecule has 20 heavy (non-hydrogen) atoms. The smallest absolute Gasteiger partial charge is 0.307 e. The molecule has 0 aromatic carbocycles. The number of aliphatic carboxylic acids is 1. The average molecular weight is 320 g/mol. The number of carbonyl (C=O) groups is 1. The van der Waals surface area contributed by atoms with Crippen molar-refractivity contribution in [2.45, 2.75) is 38.3 Å². The lowest BCUT2D eigenvalue weighted by atomic mass is 9.98. The highest BCUT2D eigenvalue weighted by Crippen LogP contribution is 2.23. The summed E-state index contributed by atoms with van der Waals surface area (Å²) in [6, 6.07) is 0. The summed E-state index contributed by atoms with van der Waals surface area (Å²) < 4.78 is 26.8. The number of rotatable bonds is 7. The van der Waals surface area contributed by atoms with Gasteiger partial charge in [0.25, 0.3) is 10.0 Å². The summed E-state index contributed by atoms with van der Waals surface area (Å²) in [6.07, 6.45) is 0.429. The Morgan fingerprint density at radius 3 is 2.40 bits per heavy atom. The van der Waals surface area contributed by atoms with Gasteiger partial charge in [-0.1, -0.05) is 13.8 Å². The van der Waals surface area contributed by atoms with Crippen LogP contribution in [-0.4, -0.2) is 31.0 Å². The third-order valence-electron chi connectivity index (χ3n) is 2.73. The molecule has 1 aromatic rings. The van der Waals surface area contributed by atoms with Gasteiger partial charge in [0.15, 0.2) is 4.21 Å². The van der Waals surface area contributed by atoms with Gasteiger partial charge in [0.05, 0.1) is 16.6 Å². The molecule has 1 rings (SSSR count). The van der Waals surface area contributed by atoms with Gasteiger partial charge in [-0.05, 0) is 26.2 Å². The molecule has 2 N–H and O–H groups in total. The molecule has 0 saturated carbocycles.